The van der Waals surface area contributed by atoms with Crippen LogP contribution in [0, 0.1) is 10.1 Å². The fourth-order valence-electron chi connectivity index (χ4n) is 4.19. The Kier molecular flexibility index (Phi) is 5.01. The number of non-ortho nitro benzene ring substituents is 1. The summed E-state index contributed by atoms with van der Waals surface area (Å²) in [5.41, 5.74) is 2.59. The normalized spacial score (nSPS) is 13.5. The lowest BCUT2D eigenvalue weighted by atomic mass is 9.97. The van der Waals surface area contributed by atoms with Gasteiger partial charge in [-0.15, -0.1) is 22.7 Å². The van der Waals surface area contributed by atoms with Gasteiger partial charge in [0.25, 0.3) is 11.2 Å². The van der Waals surface area contributed by atoms with Crippen LogP contribution in [0.2, 0.25) is 0 Å². The zero-order valence-electron chi connectivity index (χ0n) is 17.2. The molecule has 10 heteroatoms. The number of benzene rings is 2. The number of para-hydroxylation sites is 1. The molecule has 0 unspecified atom stereocenters. The third-order valence-electron chi connectivity index (χ3n) is 5.71. The largest absolute Gasteiger partial charge is 0.270 e. The van der Waals surface area contributed by atoms with E-state index in [0.29, 0.717) is 15.0 Å². The summed E-state index contributed by atoms with van der Waals surface area (Å²) in [6, 6.07) is 14.2. The molecule has 0 fully saturated rings. The Morgan fingerprint density at radius 1 is 1.03 bits per heavy atom. The maximum absolute atomic E-state index is 13.8. The summed E-state index contributed by atoms with van der Waals surface area (Å²) in [4.78, 5) is 36.1. The molecule has 5 aromatic rings. The van der Waals surface area contributed by atoms with E-state index in [0.717, 1.165) is 51.9 Å². The van der Waals surface area contributed by atoms with Gasteiger partial charge < -0.3 is 0 Å². The molecule has 0 spiro atoms. The minimum absolute atomic E-state index is 0.0348. The highest BCUT2D eigenvalue weighted by molar-refractivity contribution is 8.01. The Labute approximate surface area is 199 Å². The Balaban J connectivity index is 1.53. The number of aryl methyl sites for hydroxylation is 2. The van der Waals surface area contributed by atoms with E-state index >= 15 is 0 Å². The maximum atomic E-state index is 13.8. The first kappa shape index (κ1) is 20.5. The van der Waals surface area contributed by atoms with E-state index in [2.05, 4.69) is 4.98 Å². The highest BCUT2D eigenvalue weighted by atomic mass is 32.2. The van der Waals surface area contributed by atoms with E-state index in [9.17, 15) is 14.9 Å². The molecule has 164 valence electrons. The summed E-state index contributed by atoms with van der Waals surface area (Å²) >= 11 is 4.30. The molecule has 0 N–H and O–H groups in total. The van der Waals surface area contributed by atoms with Gasteiger partial charge in [0.05, 0.1) is 26.2 Å². The van der Waals surface area contributed by atoms with Crippen molar-refractivity contribution < 1.29 is 4.92 Å². The minimum atomic E-state index is -0.410. The molecule has 3 heterocycles. The molecule has 0 amide bonds. The van der Waals surface area contributed by atoms with E-state index in [4.69, 9.17) is 4.98 Å². The zero-order valence-corrected chi connectivity index (χ0v) is 19.6. The van der Waals surface area contributed by atoms with Crippen molar-refractivity contribution in [3.05, 3.63) is 79.4 Å². The van der Waals surface area contributed by atoms with Gasteiger partial charge in [-0.3, -0.25) is 19.5 Å². The summed E-state index contributed by atoms with van der Waals surface area (Å²) in [5, 5.41) is 12.4. The summed E-state index contributed by atoms with van der Waals surface area (Å²) in [6.45, 7) is 0. The highest BCUT2D eigenvalue weighted by Crippen LogP contribution is 2.38. The van der Waals surface area contributed by atoms with E-state index < -0.39 is 4.92 Å². The van der Waals surface area contributed by atoms with Crippen LogP contribution in [-0.2, 0) is 12.8 Å². The van der Waals surface area contributed by atoms with Crippen LogP contribution in [0.3, 0.4) is 0 Å². The number of nitro groups is 1. The van der Waals surface area contributed by atoms with Crippen LogP contribution >= 0.6 is 34.4 Å². The Bertz CT molecular complexity index is 1600. The van der Waals surface area contributed by atoms with Crippen molar-refractivity contribution in [2.45, 2.75) is 35.2 Å². The summed E-state index contributed by atoms with van der Waals surface area (Å²) in [6.07, 6.45) is 4.16. The van der Waals surface area contributed by atoms with Crippen LogP contribution in [0.4, 0.5) is 5.69 Å². The second kappa shape index (κ2) is 8.05. The topological polar surface area (TPSA) is 90.9 Å². The zero-order chi connectivity index (χ0) is 22.5. The molecule has 0 bridgehead atoms. The van der Waals surface area contributed by atoms with Gasteiger partial charge >= 0.3 is 0 Å². The van der Waals surface area contributed by atoms with Crippen molar-refractivity contribution in [1.82, 2.24) is 14.5 Å². The molecule has 1 aliphatic rings. The van der Waals surface area contributed by atoms with Crippen molar-refractivity contribution in [3.8, 4) is 5.69 Å². The molecular formula is C23H16N4O3S3. The molecule has 1 aliphatic carbocycles. The van der Waals surface area contributed by atoms with Gasteiger partial charge in [-0.2, -0.15) is 0 Å². The van der Waals surface area contributed by atoms with Gasteiger partial charge in [-0.25, -0.2) is 9.97 Å². The van der Waals surface area contributed by atoms with Gasteiger partial charge in [0, 0.05) is 17.0 Å². The van der Waals surface area contributed by atoms with Crippen LogP contribution in [0.5, 0.6) is 0 Å². The van der Waals surface area contributed by atoms with E-state index in [1.54, 1.807) is 22.0 Å². The molecule has 33 heavy (non-hydrogen) atoms. The lowest BCUT2D eigenvalue weighted by molar-refractivity contribution is -0.384. The van der Waals surface area contributed by atoms with Crippen LogP contribution in [0.25, 0.3) is 26.1 Å². The number of hydrogen-bond donors (Lipinski definition) is 0. The minimum Gasteiger partial charge on any atom is -0.268 e. The van der Waals surface area contributed by atoms with E-state index in [1.807, 2.05) is 30.3 Å². The fourth-order valence-corrected chi connectivity index (χ4v) is 7.60. The molecule has 0 saturated carbocycles. The summed E-state index contributed by atoms with van der Waals surface area (Å²) in [5.74, 6) is 0. The van der Waals surface area contributed by atoms with Gasteiger partial charge in [-0.05, 0) is 61.2 Å². The van der Waals surface area contributed by atoms with E-state index in [1.165, 1.54) is 40.1 Å². The molecular weight excluding hydrogens is 476 g/mol. The highest BCUT2D eigenvalue weighted by Gasteiger charge is 2.23. The lowest BCUT2D eigenvalue weighted by Crippen LogP contribution is -2.22. The first-order chi connectivity index (χ1) is 16.1. The molecule has 0 saturated heterocycles. The van der Waals surface area contributed by atoms with Crippen molar-refractivity contribution in [2.75, 3.05) is 0 Å². The van der Waals surface area contributed by atoms with Gasteiger partial charge in [0.15, 0.2) is 9.50 Å². The van der Waals surface area contributed by atoms with Crippen molar-refractivity contribution in [1.29, 1.82) is 0 Å². The van der Waals surface area contributed by atoms with Crippen LogP contribution in [0.1, 0.15) is 23.3 Å². The second-order valence-corrected chi connectivity index (χ2v) is 11.1. The molecule has 7 nitrogen and oxygen atoms in total. The molecule has 0 atom stereocenters. The Morgan fingerprint density at radius 2 is 1.85 bits per heavy atom. The van der Waals surface area contributed by atoms with Crippen molar-refractivity contribution in [2.24, 2.45) is 0 Å². The van der Waals surface area contributed by atoms with Crippen molar-refractivity contribution >= 4 is 60.6 Å². The van der Waals surface area contributed by atoms with E-state index in [-0.39, 0.29) is 11.2 Å². The number of rotatable bonds is 4. The number of nitrogens with zero attached hydrogens (tertiary/aromatic N) is 4. The maximum Gasteiger partial charge on any atom is 0.270 e. The number of nitro benzene ring substituents is 1. The molecule has 3 aromatic heterocycles. The Hall–Kier alpha value is -3.08. The standard InChI is InChI=1S/C23H16N4O3S3/c28-21-19-15-8-4-5-9-17(15)31-20(19)25-22(26(21)13-6-2-1-3-7-13)33-23-24-16-11-10-14(27(29)30)12-18(16)32-23/h1-3,6-7,10-12H,4-5,8-9H2. The molecule has 6 rings (SSSR count). The molecule has 0 aliphatic heterocycles. The number of aromatic nitrogens is 3. The number of thiophene rings is 1. The third kappa shape index (κ3) is 3.54. The SMILES string of the molecule is O=c1c2c3c(sc2nc(Sc2nc4ccc([N+](=O)[O-])cc4s2)n1-c1ccccc1)CCCC3. The first-order valence-corrected chi connectivity index (χ1v) is 12.9. The monoisotopic (exact) mass is 492 g/mol. The second-order valence-electron chi connectivity index (χ2n) is 7.75. The Morgan fingerprint density at radius 3 is 2.67 bits per heavy atom. The molecule has 2 aromatic carbocycles. The lowest BCUT2D eigenvalue weighted by Gasteiger charge is -2.13. The predicted molar refractivity (Wildman–Crippen MR) is 132 cm³/mol. The quantitative estimate of drug-likeness (QED) is 0.174. The third-order valence-corrected chi connectivity index (χ3v) is 8.94. The van der Waals surface area contributed by atoms with Gasteiger partial charge in [0.1, 0.15) is 4.83 Å². The summed E-state index contributed by atoms with van der Waals surface area (Å²) in [7, 11) is 0. The fraction of sp³-hybridized carbons (Fsp3) is 0.174. The molecule has 0 radical (unpaired) electrons. The van der Waals surface area contributed by atoms with Crippen LogP contribution in [-0.4, -0.2) is 19.5 Å². The number of hydrogen-bond acceptors (Lipinski definition) is 8. The number of fused-ring (bicyclic) bond motifs is 4. The average Bonchev–Trinajstić information content (AvgIpc) is 3.39. The average molecular weight is 493 g/mol. The summed E-state index contributed by atoms with van der Waals surface area (Å²) < 4.78 is 3.08. The van der Waals surface area contributed by atoms with Crippen LogP contribution in [0.15, 0.2) is 62.8 Å². The van der Waals surface area contributed by atoms with Crippen LogP contribution < -0.4 is 5.56 Å². The van der Waals surface area contributed by atoms with Gasteiger partial charge in [0.2, 0.25) is 0 Å². The number of thiazole rings is 1. The first-order valence-electron chi connectivity index (χ1n) is 10.4. The van der Waals surface area contributed by atoms with Crippen molar-refractivity contribution in [3.63, 3.8) is 0 Å². The van der Waals surface area contributed by atoms with Gasteiger partial charge in [-0.1, -0.05) is 18.2 Å². The predicted octanol–water partition coefficient (Wildman–Crippen LogP) is 6.00. The smallest absolute Gasteiger partial charge is 0.268 e.